The molecular formula is C22H27Cl2N5. The number of halogens is 2. The number of anilines is 2. The Kier molecular flexibility index (Phi) is 5.74. The van der Waals surface area contributed by atoms with Gasteiger partial charge in [0.2, 0.25) is 0 Å². The smallest absolute Gasteiger partial charge is 0.108 e. The second-order valence-electron chi connectivity index (χ2n) is 8.42. The fourth-order valence-electron chi connectivity index (χ4n) is 4.20. The Balaban J connectivity index is 1.67. The zero-order valence-corrected chi connectivity index (χ0v) is 18.7. The predicted molar refractivity (Wildman–Crippen MR) is 123 cm³/mol. The number of likely N-dealkylation sites (tertiary alicyclic amines) is 1. The van der Waals surface area contributed by atoms with Crippen LogP contribution in [0.25, 0.3) is 0 Å². The molecule has 1 N–H and O–H groups in total. The van der Waals surface area contributed by atoms with Gasteiger partial charge in [-0.05, 0) is 68.7 Å². The first-order valence-corrected chi connectivity index (χ1v) is 10.7. The molecule has 0 unspecified atom stereocenters. The van der Waals surface area contributed by atoms with Gasteiger partial charge in [-0.1, -0.05) is 23.2 Å². The number of fused-ring (bicyclic) bond motifs is 1. The van der Waals surface area contributed by atoms with Crippen molar-refractivity contribution in [3.05, 3.63) is 51.8 Å². The van der Waals surface area contributed by atoms with Gasteiger partial charge in [0.15, 0.2) is 0 Å². The van der Waals surface area contributed by atoms with Crippen molar-refractivity contribution >= 4 is 40.4 Å². The van der Waals surface area contributed by atoms with E-state index >= 15 is 0 Å². The lowest BCUT2D eigenvalue weighted by molar-refractivity contribution is 0.178. The van der Waals surface area contributed by atoms with Gasteiger partial charge in [-0.3, -0.25) is 9.98 Å². The molecule has 1 fully saturated rings. The molecule has 1 aromatic carbocycles. The van der Waals surface area contributed by atoms with Gasteiger partial charge in [0.1, 0.15) is 5.84 Å². The van der Waals surface area contributed by atoms with Crippen molar-refractivity contribution in [1.29, 1.82) is 0 Å². The van der Waals surface area contributed by atoms with Crippen molar-refractivity contribution in [2.45, 2.75) is 25.8 Å². The van der Waals surface area contributed by atoms with E-state index in [9.17, 15) is 0 Å². The quantitative estimate of drug-likeness (QED) is 0.762. The van der Waals surface area contributed by atoms with Crippen LogP contribution in [0.15, 0.2) is 35.6 Å². The molecule has 0 bridgehead atoms. The van der Waals surface area contributed by atoms with Gasteiger partial charge in [-0.15, -0.1) is 0 Å². The van der Waals surface area contributed by atoms with Crippen molar-refractivity contribution in [3.63, 3.8) is 0 Å². The first-order chi connectivity index (χ1) is 13.9. The summed E-state index contributed by atoms with van der Waals surface area (Å²) in [7, 11) is 6.23. The molecular weight excluding hydrogens is 405 g/mol. The summed E-state index contributed by atoms with van der Waals surface area (Å²) in [5.74, 6) is 1.06. The summed E-state index contributed by atoms with van der Waals surface area (Å²) < 4.78 is 0. The van der Waals surface area contributed by atoms with Gasteiger partial charge >= 0.3 is 0 Å². The maximum atomic E-state index is 6.30. The number of pyridine rings is 1. The average molecular weight is 432 g/mol. The van der Waals surface area contributed by atoms with Crippen LogP contribution in [0, 0.1) is 5.41 Å². The summed E-state index contributed by atoms with van der Waals surface area (Å²) in [4.78, 5) is 13.9. The molecule has 29 heavy (non-hydrogen) atoms. The molecule has 2 aliphatic heterocycles. The second-order valence-corrected chi connectivity index (χ2v) is 9.23. The minimum absolute atomic E-state index is 0.0171. The minimum atomic E-state index is 0.0171. The van der Waals surface area contributed by atoms with Crippen LogP contribution in [0.5, 0.6) is 0 Å². The summed E-state index contributed by atoms with van der Waals surface area (Å²) in [6.45, 7) is 2.73. The number of aliphatic imine (C=N–C) groups is 1. The molecule has 0 amide bonds. The van der Waals surface area contributed by atoms with Gasteiger partial charge in [0.05, 0.1) is 28.5 Å². The van der Waals surface area contributed by atoms with Crippen LogP contribution in [0.3, 0.4) is 0 Å². The Labute approximate surface area is 182 Å². The molecule has 3 heterocycles. The standard InChI is InChI=1S/C22H27Cl2N5/c1-28(2)17-8-15(12-25-14-17)13-26-21-22(4-6-29(3)7-5-22)11-16-9-18(23)19(24)10-20(16)27-21/h8-10,12,14H,4-7,11,13H2,1-3H3,(H,26,27). The van der Waals surface area contributed by atoms with E-state index in [2.05, 4.69) is 33.2 Å². The first-order valence-electron chi connectivity index (χ1n) is 9.96. The fraction of sp³-hybridized carbons (Fsp3) is 0.455. The molecule has 1 spiro atoms. The topological polar surface area (TPSA) is 43.8 Å². The van der Waals surface area contributed by atoms with E-state index in [1.54, 1.807) is 0 Å². The molecule has 2 aliphatic rings. The molecule has 0 aliphatic carbocycles. The molecule has 0 radical (unpaired) electrons. The Hall–Kier alpha value is -1.82. The highest BCUT2D eigenvalue weighted by Gasteiger charge is 2.42. The number of hydrogen-bond acceptors (Lipinski definition) is 4. The third-order valence-corrected chi connectivity index (χ3v) is 6.81. The minimum Gasteiger partial charge on any atom is -0.376 e. The Morgan fingerprint density at radius 2 is 1.86 bits per heavy atom. The van der Waals surface area contributed by atoms with E-state index in [1.165, 1.54) is 5.56 Å². The lowest BCUT2D eigenvalue weighted by Gasteiger charge is -2.45. The number of aromatic nitrogens is 1. The van der Waals surface area contributed by atoms with Crippen LogP contribution in [0.1, 0.15) is 24.0 Å². The van der Waals surface area contributed by atoms with Crippen LogP contribution in [-0.4, -0.2) is 50.0 Å². The monoisotopic (exact) mass is 431 g/mol. The number of piperidine rings is 1. The second kappa shape index (κ2) is 8.13. The number of rotatable bonds is 3. The number of nitrogens with one attached hydrogen (secondary N) is 1. The van der Waals surface area contributed by atoms with Crippen LogP contribution in [-0.2, 0) is 13.0 Å². The maximum absolute atomic E-state index is 6.30. The summed E-state index contributed by atoms with van der Waals surface area (Å²) >= 11 is 12.6. The van der Waals surface area contributed by atoms with Crippen molar-refractivity contribution in [2.24, 2.45) is 10.4 Å². The van der Waals surface area contributed by atoms with E-state index in [4.69, 9.17) is 28.2 Å². The molecule has 154 valence electrons. The zero-order valence-electron chi connectivity index (χ0n) is 17.2. The van der Waals surface area contributed by atoms with Gasteiger partial charge < -0.3 is 15.1 Å². The lowest BCUT2D eigenvalue weighted by atomic mass is 9.70. The van der Waals surface area contributed by atoms with Gasteiger partial charge in [-0.2, -0.15) is 0 Å². The van der Waals surface area contributed by atoms with Gasteiger partial charge in [-0.25, -0.2) is 0 Å². The van der Waals surface area contributed by atoms with E-state index in [-0.39, 0.29) is 5.41 Å². The number of amidine groups is 1. The van der Waals surface area contributed by atoms with E-state index < -0.39 is 0 Å². The summed E-state index contributed by atoms with van der Waals surface area (Å²) in [5.41, 5.74) is 4.44. The molecule has 4 rings (SSSR count). The molecule has 0 atom stereocenters. The van der Waals surface area contributed by atoms with Gasteiger partial charge in [0, 0.05) is 31.4 Å². The van der Waals surface area contributed by atoms with Crippen molar-refractivity contribution in [3.8, 4) is 0 Å². The lowest BCUT2D eigenvalue weighted by Crippen LogP contribution is -2.49. The van der Waals surface area contributed by atoms with Crippen LogP contribution >= 0.6 is 23.2 Å². The third-order valence-electron chi connectivity index (χ3n) is 6.09. The van der Waals surface area contributed by atoms with E-state index in [0.29, 0.717) is 16.6 Å². The normalized spacial score (nSPS) is 19.8. The Morgan fingerprint density at radius 1 is 1.14 bits per heavy atom. The molecule has 1 aromatic heterocycles. The Bertz CT molecular complexity index is 933. The maximum Gasteiger partial charge on any atom is 0.108 e. The third kappa shape index (κ3) is 4.23. The molecule has 2 aromatic rings. The molecule has 7 heteroatoms. The van der Waals surface area contributed by atoms with Crippen molar-refractivity contribution in [1.82, 2.24) is 9.88 Å². The molecule has 5 nitrogen and oxygen atoms in total. The highest BCUT2D eigenvalue weighted by atomic mass is 35.5. The summed E-state index contributed by atoms with van der Waals surface area (Å²) in [6, 6.07) is 6.07. The van der Waals surface area contributed by atoms with Crippen molar-refractivity contribution in [2.75, 3.05) is 44.4 Å². The van der Waals surface area contributed by atoms with Crippen molar-refractivity contribution < 1.29 is 0 Å². The van der Waals surface area contributed by atoms with Crippen LogP contribution < -0.4 is 10.2 Å². The SMILES string of the molecule is CN1CCC2(CC1)Cc1cc(Cl)c(Cl)cc1NC2=NCc1cncc(N(C)C)c1. The number of hydrogen-bond donors (Lipinski definition) is 1. The molecule has 0 saturated carbocycles. The highest BCUT2D eigenvalue weighted by molar-refractivity contribution is 6.42. The highest BCUT2D eigenvalue weighted by Crippen LogP contribution is 2.44. The Morgan fingerprint density at radius 3 is 2.59 bits per heavy atom. The number of nitrogens with zero attached hydrogens (tertiary/aromatic N) is 4. The largest absolute Gasteiger partial charge is 0.376 e. The van der Waals surface area contributed by atoms with Crippen LogP contribution in [0.4, 0.5) is 11.4 Å². The predicted octanol–water partition coefficient (Wildman–Crippen LogP) is 4.73. The summed E-state index contributed by atoms with van der Waals surface area (Å²) in [6.07, 6.45) is 6.85. The van der Waals surface area contributed by atoms with E-state index in [1.807, 2.05) is 38.6 Å². The summed E-state index contributed by atoms with van der Waals surface area (Å²) in [5, 5.41) is 4.79. The fourth-order valence-corrected chi connectivity index (χ4v) is 4.55. The van der Waals surface area contributed by atoms with Gasteiger partial charge in [0.25, 0.3) is 0 Å². The van der Waals surface area contributed by atoms with E-state index in [0.717, 1.165) is 55.1 Å². The molecule has 1 saturated heterocycles. The number of benzene rings is 1. The zero-order chi connectivity index (χ0) is 20.6. The first kappa shape index (κ1) is 20.5. The van der Waals surface area contributed by atoms with Crippen LogP contribution in [0.2, 0.25) is 10.0 Å². The average Bonchev–Trinajstić information content (AvgIpc) is 2.70.